The predicted molar refractivity (Wildman–Crippen MR) is 231 cm³/mol. The summed E-state index contributed by atoms with van der Waals surface area (Å²) in [7, 11) is 0. The van der Waals surface area contributed by atoms with E-state index in [1.54, 1.807) is 0 Å². The Kier molecular flexibility index (Phi) is 8.31. The van der Waals surface area contributed by atoms with Crippen molar-refractivity contribution in [1.29, 1.82) is 0 Å². The zero-order valence-electron chi connectivity index (χ0n) is 29.7. The number of hydrogen-bond donors (Lipinski definition) is 0. The van der Waals surface area contributed by atoms with E-state index in [0.29, 0.717) is 11.2 Å². The summed E-state index contributed by atoms with van der Waals surface area (Å²) >= 11 is 1.98. The van der Waals surface area contributed by atoms with Crippen molar-refractivity contribution in [2.45, 2.75) is 16.1 Å². The van der Waals surface area contributed by atoms with Gasteiger partial charge in [-0.15, -0.1) is 11.8 Å². The second kappa shape index (κ2) is 13.9. The molecule has 0 aromatic heterocycles. The molecule has 2 atom stereocenters. The van der Waals surface area contributed by atoms with Gasteiger partial charge in [0.15, 0.2) is 0 Å². The van der Waals surface area contributed by atoms with Crippen LogP contribution in [0.3, 0.4) is 0 Å². The van der Waals surface area contributed by atoms with Crippen LogP contribution in [0.2, 0.25) is 0 Å². The fraction of sp³-hybridized carbons (Fsp3) is 0.0385. The molecule has 2 unspecified atom stereocenters. The van der Waals surface area contributed by atoms with E-state index in [0.717, 1.165) is 17.1 Å². The Morgan fingerprint density at radius 3 is 1.83 bits per heavy atom. The quantitative estimate of drug-likeness (QED) is 0.162. The Morgan fingerprint density at radius 2 is 1.00 bits per heavy atom. The minimum Gasteiger partial charge on any atom is -0.309 e. The Balaban J connectivity index is 1.09. The summed E-state index contributed by atoms with van der Waals surface area (Å²) in [5.74, 6) is 0.444. The van der Waals surface area contributed by atoms with Gasteiger partial charge in [0, 0.05) is 32.9 Å². The van der Waals surface area contributed by atoms with Crippen molar-refractivity contribution in [2.75, 3.05) is 4.90 Å². The fourth-order valence-electron chi connectivity index (χ4n) is 8.20. The van der Waals surface area contributed by atoms with Crippen molar-refractivity contribution in [3.05, 3.63) is 218 Å². The Labute approximate surface area is 321 Å². The highest BCUT2D eigenvalue weighted by atomic mass is 32.2. The topological polar surface area (TPSA) is 3.24 Å². The molecule has 1 aliphatic heterocycles. The highest BCUT2D eigenvalue weighted by Gasteiger charge is 2.31. The maximum absolute atomic E-state index is 2.44. The summed E-state index contributed by atoms with van der Waals surface area (Å²) < 4.78 is 0. The molecule has 1 heterocycles. The minimum atomic E-state index is 0.444. The molecule has 0 amide bonds. The molecule has 0 radical (unpaired) electrons. The van der Waals surface area contributed by atoms with Gasteiger partial charge in [-0.3, -0.25) is 0 Å². The number of anilines is 3. The van der Waals surface area contributed by atoms with Crippen LogP contribution in [0.4, 0.5) is 17.1 Å². The van der Waals surface area contributed by atoms with E-state index in [1.807, 2.05) is 11.8 Å². The summed E-state index contributed by atoms with van der Waals surface area (Å²) in [4.78, 5) is 3.82. The van der Waals surface area contributed by atoms with Crippen molar-refractivity contribution in [2.24, 2.45) is 0 Å². The summed E-state index contributed by atoms with van der Waals surface area (Å²) in [5, 5.41) is 3.00. The Morgan fingerprint density at radius 1 is 0.407 bits per heavy atom. The van der Waals surface area contributed by atoms with Crippen LogP contribution >= 0.6 is 11.8 Å². The largest absolute Gasteiger partial charge is 0.309 e. The van der Waals surface area contributed by atoms with E-state index in [1.165, 1.54) is 65.7 Å². The molecule has 0 saturated carbocycles. The molecule has 1 nitrogen and oxygen atoms in total. The lowest BCUT2D eigenvalue weighted by atomic mass is 9.91. The molecule has 0 saturated heterocycles. The summed E-state index contributed by atoms with van der Waals surface area (Å²) in [6.45, 7) is 0. The van der Waals surface area contributed by atoms with Crippen LogP contribution in [-0.4, -0.2) is 5.25 Å². The van der Waals surface area contributed by atoms with Gasteiger partial charge in [-0.2, -0.15) is 0 Å². The van der Waals surface area contributed by atoms with Gasteiger partial charge >= 0.3 is 0 Å². The van der Waals surface area contributed by atoms with Crippen LogP contribution in [0.5, 0.6) is 0 Å². The van der Waals surface area contributed by atoms with Crippen LogP contribution in [0, 0.1) is 0 Å². The van der Waals surface area contributed by atoms with Gasteiger partial charge in [0.05, 0.1) is 11.4 Å². The molecule has 2 aliphatic rings. The highest BCUT2D eigenvalue weighted by Crippen LogP contribution is 2.51. The molecular weight excluding hydrogens is 671 g/mol. The number of allylic oxidation sites excluding steroid dienone is 3. The molecule has 256 valence electrons. The first kappa shape index (κ1) is 32.3. The van der Waals surface area contributed by atoms with Gasteiger partial charge in [0.1, 0.15) is 0 Å². The van der Waals surface area contributed by atoms with Crippen molar-refractivity contribution in [1.82, 2.24) is 0 Å². The van der Waals surface area contributed by atoms with Gasteiger partial charge in [-0.1, -0.05) is 176 Å². The zero-order valence-corrected chi connectivity index (χ0v) is 30.5. The fourth-order valence-corrected chi connectivity index (χ4v) is 9.59. The molecule has 1 aliphatic carbocycles. The molecular formula is C52H37NS. The molecule has 8 aromatic rings. The van der Waals surface area contributed by atoms with Crippen LogP contribution < -0.4 is 4.90 Å². The Bertz CT molecular complexity index is 2700. The average molecular weight is 708 g/mol. The van der Waals surface area contributed by atoms with Gasteiger partial charge < -0.3 is 4.90 Å². The zero-order chi connectivity index (χ0) is 35.8. The van der Waals surface area contributed by atoms with E-state index in [2.05, 4.69) is 217 Å². The van der Waals surface area contributed by atoms with Gasteiger partial charge in [-0.05, 0) is 86.1 Å². The van der Waals surface area contributed by atoms with Crippen molar-refractivity contribution >= 4 is 39.6 Å². The smallest absolute Gasteiger partial charge is 0.0540 e. The molecule has 0 bridgehead atoms. The van der Waals surface area contributed by atoms with Crippen LogP contribution in [0.15, 0.2) is 217 Å². The first-order valence-corrected chi connectivity index (χ1v) is 19.5. The molecule has 2 heteroatoms. The number of benzene rings is 8. The molecule has 0 spiro atoms. The number of para-hydroxylation sites is 2. The third-order valence-electron chi connectivity index (χ3n) is 10.8. The maximum atomic E-state index is 2.44. The highest BCUT2D eigenvalue weighted by molar-refractivity contribution is 8.00. The normalized spacial score (nSPS) is 15.6. The lowest BCUT2D eigenvalue weighted by Gasteiger charge is -2.30. The third-order valence-corrected chi connectivity index (χ3v) is 12.2. The number of hydrogen-bond acceptors (Lipinski definition) is 2. The van der Waals surface area contributed by atoms with Crippen LogP contribution in [-0.2, 0) is 0 Å². The monoisotopic (exact) mass is 707 g/mol. The lowest BCUT2D eigenvalue weighted by molar-refractivity contribution is 0.881. The number of thioether (sulfide) groups is 1. The molecule has 10 rings (SSSR count). The van der Waals surface area contributed by atoms with E-state index < -0.39 is 0 Å². The third kappa shape index (κ3) is 5.86. The minimum absolute atomic E-state index is 0.444. The summed E-state index contributed by atoms with van der Waals surface area (Å²) in [6.07, 6.45) is 9.07. The number of fused-ring (bicyclic) bond motifs is 4. The van der Waals surface area contributed by atoms with E-state index in [-0.39, 0.29) is 0 Å². The lowest BCUT2D eigenvalue weighted by Crippen LogP contribution is -2.12. The molecule has 54 heavy (non-hydrogen) atoms. The van der Waals surface area contributed by atoms with Gasteiger partial charge in [0.2, 0.25) is 0 Å². The Hall–Kier alpha value is -6.35. The molecule has 0 fully saturated rings. The first-order valence-electron chi connectivity index (χ1n) is 18.7. The molecule has 0 N–H and O–H groups in total. The van der Waals surface area contributed by atoms with E-state index >= 15 is 0 Å². The number of nitrogens with zero attached hydrogens (tertiary/aromatic N) is 1. The second-order valence-corrected chi connectivity index (χ2v) is 15.2. The standard InChI is InChI=1S/C52H37NS/c1-2-14-38(15-3-1)45-21-6-9-25-49(45)53(50-26-10-7-22-46(50)41-30-33-48-47-23-8-11-27-51(47)54-52(48)35-41)42-31-28-36(29-32-42)39-18-12-19-40(34-39)44-24-13-17-37-16-4-5-20-43(37)44/h1-35,47,51H. The SMILES string of the molecule is C1=CC2Sc3cc(-c4ccccc4N(c4ccc(-c5cccc(-c6cccc7ccccc67)c5)cc4)c4ccccc4-c4ccccc4)ccc3C2C=C1. The van der Waals surface area contributed by atoms with E-state index in [9.17, 15) is 0 Å². The van der Waals surface area contributed by atoms with Crippen molar-refractivity contribution < 1.29 is 0 Å². The van der Waals surface area contributed by atoms with E-state index in [4.69, 9.17) is 0 Å². The number of rotatable bonds is 7. The first-order chi connectivity index (χ1) is 26.8. The van der Waals surface area contributed by atoms with Gasteiger partial charge in [-0.25, -0.2) is 0 Å². The summed E-state index contributed by atoms with van der Waals surface area (Å²) in [6, 6.07) is 68.7. The molecule has 8 aromatic carbocycles. The maximum Gasteiger partial charge on any atom is 0.0540 e. The van der Waals surface area contributed by atoms with Crippen molar-refractivity contribution in [3.63, 3.8) is 0 Å². The summed E-state index contributed by atoms with van der Waals surface area (Å²) in [5.41, 5.74) is 14.5. The van der Waals surface area contributed by atoms with Gasteiger partial charge in [0.25, 0.3) is 0 Å². The van der Waals surface area contributed by atoms with Crippen molar-refractivity contribution in [3.8, 4) is 44.5 Å². The van der Waals surface area contributed by atoms with Crippen LogP contribution in [0.1, 0.15) is 11.5 Å². The average Bonchev–Trinajstić information content (AvgIpc) is 3.63. The van der Waals surface area contributed by atoms with Crippen LogP contribution in [0.25, 0.3) is 55.3 Å². The predicted octanol–water partition coefficient (Wildman–Crippen LogP) is 14.7. The second-order valence-electron chi connectivity index (χ2n) is 14.0.